The Balaban J connectivity index is 1.98. The number of benzene rings is 3. The lowest BCUT2D eigenvalue weighted by atomic mass is 10.0. The molecule has 3 heteroatoms. The first kappa shape index (κ1) is 40.2. The molecule has 3 rings (SSSR count). The topological polar surface area (TPSA) is 37.3 Å². The summed E-state index contributed by atoms with van der Waals surface area (Å²) in [6, 6.07) is 24.4. The second-order valence-electron chi connectivity index (χ2n) is 14.3. The molecule has 0 radical (unpaired) electrons. The maximum atomic E-state index is 16.4. The minimum Gasteiger partial charge on any atom is -0.290 e. The van der Waals surface area contributed by atoms with Gasteiger partial charge in [-0.15, -0.1) is 9.35 Å². The van der Waals surface area contributed by atoms with Crippen molar-refractivity contribution in [1.29, 1.82) is 0 Å². The molecule has 0 spiro atoms. The zero-order valence-electron chi connectivity index (χ0n) is 31.2. The van der Waals surface area contributed by atoms with Gasteiger partial charge in [-0.05, 0) is 73.4 Å². The highest BCUT2D eigenvalue weighted by Crippen LogP contribution is 2.52. The van der Waals surface area contributed by atoms with Crippen LogP contribution in [0, 0.1) is 0 Å². The van der Waals surface area contributed by atoms with Gasteiger partial charge in [-0.25, -0.2) is 0 Å². The Morgan fingerprint density at radius 3 is 0.875 bits per heavy atom. The molecule has 0 fully saturated rings. The van der Waals surface area contributed by atoms with Crippen molar-refractivity contribution in [3.8, 4) is 0 Å². The molecule has 2 nitrogen and oxygen atoms in total. The highest BCUT2D eigenvalue weighted by atomic mass is 32.3. The van der Waals surface area contributed by atoms with Crippen molar-refractivity contribution in [3.05, 3.63) is 89.5 Å². The van der Waals surface area contributed by atoms with Crippen LogP contribution < -0.4 is 0 Å². The van der Waals surface area contributed by atoms with Gasteiger partial charge in [-0.3, -0.25) is 4.55 Å². The summed E-state index contributed by atoms with van der Waals surface area (Å²) < 4.78 is 29.9. The van der Waals surface area contributed by atoms with E-state index >= 15 is 4.21 Å². The fourth-order valence-electron chi connectivity index (χ4n) is 7.41. The van der Waals surface area contributed by atoms with Crippen LogP contribution in [0.2, 0.25) is 0 Å². The Morgan fingerprint density at radius 1 is 0.375 bits per heavy atom. The van der Waals surface area contributed by atoms with Gasteiger partial charge in [0.25, 0.3) is 0 Å². The molecule has 3 aromatic carbocycles. The van der Waals surface area contributed by atoms with Crippen LogP contribution in [0.1, 0.15) is 172 Å². The zero-order valence-corrected chi connectivity index (χ0v) is 32.0. The largest absolute Gasteiger partial charge is 0.290 e. The molecule has 0 saturated carbocycles. The fraction of sp³-hybridized carbons (Fsp3) is 0.600. The van der Waals surface area contributed by atoms with E-state index in [1.165, 1.54) is 116 Å². The van der Waals surface area contributed by atoms with Crippen molar-refractivity contribution in [2.45, 2.75) is 190 Å². The molecule has 0 heterocycles. The van der Waals surface area contributed by atoms with Crippen molar-refractivity contribution in [3.63, 3.8) is 0 Å². The SMILES string of the molecule is CCCCCCCCCc1ccccc1S(=O)(O)(c1ccccc1CCCCCCCCC)c1ccccc1CCCCCCCCC. The van der Waals surface area contributed by atoms with E-state index in [2.05, 4.69) is 57.2 Å². The summed E-state index contributed by atoms with van der Waals surface area (Å²) in [5.74, 6) is 0. The minimum absolute atomic E-state index is 0.625. The van der Waals surface area contributed by atoms with Gasteiger partial charge in [0, 0.05) is 0 Å². The van der Waals surface area contributed by atoms with Crippen LogP contribution in [-0.4, -0.2) is 8.76 Å². The minimum atomic E-state index is -4.69. The fourth-order valence-corrected chi connectivity index (χ4v) is 11.1. The Hall–Kier alpha value is -2.23. The third-order valence-corrected chi connectivity index (χ3v) is 13.9. The molecule has 0 aliphatic carbocycles. The van der Waals surface area contributed by atoms with Crippen molar-refractivity contribution in [1.82, 2.24) is 0 Å². The number of unbranched alkanes of at least 4 members (excludes halogenated alkanes) is 18. The van der Waals surface area contributed by atoms with Crippen LogP contribution in [0.5, 0.6) is 0 Å². The molecule has 3 aromatic rings. The predicted octanol–water partition coefficient (Wildman–Crippen LogP) is 14.3. The van der Waals surface area contributed by atoms with Gasteiger partial charge >= 0.3 is 0 Å². The summed E-state index contributed by atoms with van der Waals surface area (Å²) in [5.41, 5.74) is 3.09. The lowest BCUT2D eigenvalue weighted by Crippen LogP contribution is -2.36. The first-order valence-corrected chi connectivity index (χ1v) is 22.0. The van der Waals surface area contributed by atoms with Gasteiger partial charge in [0.05, 0.1) is 14.7 Å². The summed E-state index contributed by atoms with van der Waals surface area (Å²) in [4.78, 5) is 1.87. The summed E-state index contributed by atoms with van der Waals surface area (Å²) in [5, 5.41) is 0. The van der Waals surface area contributed by atoms with Gasteiger partial charge < -0.3 is 0 Å². The van der Waals surface area contributed by atoms with Gasteiger partial charge in [0.1, 0.15) is 0 Å². The van der Waals surface area contributed by atoms with E-state index < -0.39 is 9.35 Å². The monoisotopic (exact) mass is 675 g/mol. The normalized spacial score (nSPS) is 12.6. The van der Waals surface area contributed by atoms with Crippen LogP contribution in [-0.2, 0) is 28.6 Å². The number of hydrogen-bond donors (Lipinski definition) is 1. The smallest absolute Gasteiger partial charge is 0.0672 e. The predicted molar refractivity (Wildman–Crippen MR) is 210 cm³/mol. The molecule has 268 valence electrons. The molecule has 48 heavy (non-hydrogen) atoms. The van der Waals surface area contributed by atoms with Crippen LogP contribution in [0.15, 0.2) is 87.5 Å². The van der Waals surface area contributed by atoms with Crippen LogP contribution in [0.25, 0.3) is 0 Å². The number of aryl methyl sites for hydroxylation is 3. The Bertz CT molecular complexity index is 1200. The molecule has 0 atom stereocenters. The molecule has 1 N–H and O–H groups in total. The lowest BCUT2D eigenvalue weighted by molar-refractivity contribution is 0.504. The Kier molecular flexibility index (Phi) is 18.8. The molecule has 0 aliphatic rings. The second kappa shape index (κ2) is 22.5. The van der Waals surface area contributed by atoms with E-state index in [4.69, 9.17) is 0 Å². The molecule has 0 bridgehead atoms. The summed E-state index contributed by atoms with van der Waals surface area (Å²) >= 11 is 0. The standard InChI is InChI=1S/C45H70O2S/c1-4-7-10-13-16-19-22-31-40-34-25-28-37-43(40)48(46,47,44-38-29-26-35-41(44)32-23-20-17-14-11-8-5-2)45-39-30-27-36-42(45)33-24-21-18-15-12-9-6-3/h25-30,34-39H,4-24,31-33H2,1-3H3,(H,46,47). The zero-order chi connectivity index (χ0) is 34.4. The van der Waals surface area contributed by atoms with Crippen LogP contribution in [0.4, 0.5) is 0 Å². The van der Waals surface area contributed by atoms with E-state index in [0.717, 1.165) is 55.2 Å². The van der Waals surface area contributed by atoms with Crippen LogP contribution >= 0.6 is 0 Å². The van der Waals surface area contributed by atoms with E-state index in [1.807, 2.05) is 36.4 Å². The summed E-state index contributed by atoms with van der Waals surface area (Å²) in [7, 11) is -4.69. The Labute approximate surface area is 296 Å². The van der Waals surface area contributed by atoms with Crippen molar-refractivity contribution >= 4 is 9.35 Å². The van der Waals surface area contributed by atoms with Crippen molar-refractivity contribution in [2.75, 3.05) is 0 Å². The van der Waals surface area contributed by atoms with Gasteiger partial charge in [-0.2, -0.15) is 4.21 Å². The van der Waals surface area contributed by atoms with Gasteiger partial charge in [-0.1, -0.05) is 191 Å². The second-order valence-corrected chi connectivity index (χ2v) is 17.5. The third kappa shape index (κ3) is 12.0. The molecule has 0 aromatic heterocycles. The van der Waals surface area contributed by atoms with E-state index in [1.54, 1.807) is 0 Å². The molecular formula is C45H70O2S. The number of hydrogen-bond acceptors (Lipinski definition) is 1. The van der Waals surface area contributed by atoms with Gasteiger partial charge in [0.15, 0.2) is 0 Å². The summed E-state index contributed by atoms with van der Waals surface area (Å²) in [6.07, 6.45) is 28.4. The first-order valence-electron chi connectivity index (χ1n) is 20.1. The quantitative estimate of drug-likeness (QED) is 0.0817. The highest BCUT2D eigenvalue weighted by Gasteiger charge is 2.40. The maximum absolute atomic E-state index is 16.4. The van der Waals surface area contributed by atoms with E-state index in [0.29, 0.717) is 14.7 Å². The average molecular weight is 675 g/mol. The molecule has 0 amide bonds. The average Bonchev–Trinajstić information content (AvgIpc) is 3.11. The van der Waals surface area contributed by atoms with Crippen LogP contribution in [0.3, 0.4) is 0 Å². The molecule has 0 aliphatic heterocycles. The summed E-state index contributed by atoms with van der Waals surface area (Å²) in [6.45, 7) is 6.79. The van der Waals surface area contributed by atoms with E-state index in [9.17, 15) is 4.55 Å². The Morgan fingerprint density at radius 2 is 0.604 bits per heavy atom. The number of rotatable bonds is 27. The maximum Gasteiger partial charge on any atom is 0.0672 e. The van der Waals surface area contributed by atoms with E-state index in [-0.39, 0.29) is 0 Å². The molecule has 0 saturated heterocycles. The first-order chi connectivity index (χ1) is 23.5. The van der Waals surface area contributed by atoms with Gasteiger partial charge in [0.2, 0.25) is 0 Å². The van der Waals surface area contributed by atoms with Crippen molar-refractivity contribution < 1.29 is 8.76 Å². The third-order valence-electron chi connectivity index (χ3n) is 10.3. The lowest BCUT2D eigenvalue weighted by Gasteiger charge is -2.47. The molecule has 0 unspecified atom stereocenters. The van der Waals surface area contributed by atoms with Crippen molar-refractivity contribution in [2.24, 2.45) is 0 Å². The molecular weight excluding hydrogens is 605 g/mol. The highest BCUT2D eigenvalue weighted by molar-refractivity contribution is 8.15.